The summed E-state index contributed by atoms with van der Waals surface area (Å²) < 4.78 is 13.2. The van der Waals surface area contributed by atoms with Crippen LogP contribution in [-0.2, 0) is 0 Å². The Morgan fingerprint density at radius 3 is 2.88 bits per heavy atom. The number of carbonyl (C=O) groups is 1. The molecule has 0 bridgehead atoms. The summed E-state index contributed by atoms with van der Waals surface area (Å²) in [5.74, 6) is -0.0296. The van der Waals surface area contributed by atoms with E-state index in [-0.39, 0.29) is 17.6 Å². The molecule has 2 rings (SSSR count). The van der Waals surface area contributed by atoms with Crippen LogP contribution in [0.4, 0.5) is 10.1 Å². The van der Waals surface area contributed by atoms with E-state index in [1.54, 1.807) is 0 Å². The number of nitrogen functional groups attached to an aromatic ring is 1. The third kappa shape index (κ3) is 3.19. The molecule has 0 spiro atoms. The summed E-state index contributed by atoms with van der Waals surface area (Å²) in [6.07, 6.45) is 3.52. The number of nitrogens with two attached hydrogens (primary N) is 1. The number of anilines is 1. The second kappa shape index (κ2) is 4.73. The van der Waals surface area contributed by atoms with Crippen LogP contribution >= 0.6 is 0 Å². The number of rotatable bonds is 4. The molecule has 1 unspecified atom stereocenters. The summed E-state index contributed by atoms with van der Waals surface area (Å²) in [5.41, 5.74) is 5.74. The van der Waals surface area contributed by atoms with Crippen molar-refractivity contribution in [2.45, 2.75) is 32.2 Å². The van der Waals surface area contributed by atoms with E-state index in [9.17, 15) is 9.18 Å². The zero-order valence-electron chi connectivity index (χ0n) is 9.87. The normalized spacial score (nSPS) is 16.6. The van der Waals surface area contributed by atoms with E-state index in [0.29, 0.717) is 5.56 Å². The minimum atomic E-state index is -0.549. The lowest BCUT2D eigenvalue weighted by atomic mass is 10.1. The number of benzene rings is 1. The summed E-state index contributed by atoms with van der Waals surface area (Å²) >= 11 is 0. The lowest BCUT2D eigenvalue weighted by Gasteiger charge is -2.13. The van der Waals surface area contributed by atoms with Crippen LogP contribution in [0.25, 0.3) is 0 Å². The Morgan fingerprint density at radius 2 is 2.29 bits per heavy atom. The van der Waals surface area contributed by atoms with Gasteiger partial charge in [0.1, 0.15) is 5.82 Å². The van der Waals surface area contributed by atoms with Crippen LogP contribution in [-0.4, -0.2) is 11.9 Å². The van der Waals surface area contributed by atoms with E-state index < -0.39 is 5.82 Å². The molecule has 0 saturated heterocycles. The molecule has 1 aromatic rings. The molecule has 1 aliphatic rings. The maximum atomic E-state index is 13.2. The minimum absolute atomic E-state index is 0.0626. The largest absolute Gasteiger partial charge is 0.396 e. The van der Waals surface area contributed by atoms with Crippen LogP contribution in [0.3, 0.4) is 0 Å². The highest BCUT2D eigenvalue weighted by Gasteiger charge is 2.24. The first-order valence-corrected chi connectivity index (χ1v) is 5.92. The Bertz CT molecular complexity index is 429. The van der Waals surface area contributed by atoms with Gasteiger partial charge in [0, 0.05) is 11.6 Å². The number of carbonyl (C=O) groups excluding carboxylic acids is 1. The Hall–Kier alpha value is -1.58. The van der Waals surface area contributed by atoms with Gasteiger partial charge >= 0.3 is 0 Å². The van der Waals surface area contributed by atoms with E-state index in [0.717, 1.165) is 12.3 Å². The molecule has 4 heteroatoms. The van der Waals surface area contributed by atoms with Crippen molar-refractivity contribution in [1.82, 2.24) is 5.32 Å². The fraction of sp³-hybridized carbons (Fsp3) is 0.462. The van der Waals surface area contributed by atoms with E-state index in [1.807, 2.05) is 6.92 Å². The lowest BCUT2D eigenvalue weighted by molar-refractivity contribution is 0.0937. The number of nitrogens with one attached hydrogen (secondary N) is 1. The topological polar surface area (TPSA) is 55.1 Å². The zero-order valence-corrected chi connectivity index (χ0v) is 9.87. The molecular weight excluding hydrogens is 219 g/mol. The van der Waals surface area contributed by atoms with Crippen LogP contribution in [0.1, 0.15) is 36.5 Å². The Kier molecular flexibility index (Phi) is 3.31. The Labute approximate surface area is 100 Å². The number of hydrogen-bond donors (Lipinski definition) is 2. The molecule has 1 aromatic carbocycles. The Balaban J connectivity index is 1.95. The lowest BCUT2D eigenvalue weighted by Crippen LogP contribution is -2.32. The van der Waals surface area contributed by atoms with Crippen LogP contribution in [0.15, 0.2) is 18.2 Å². The van der Waals surface area contributed by atoms with Gasteiger partial charge in [0.15, 0.2) is 0 Å². The van der Waals surface area contributed by atoms with Crippen molar-refractivity contribution in [3.05, 3.63) is 29.6 Å². The minimum Gasteiger partial charge on any atom is -0.396 e. The predicted octanol–water partition coefficient (Wildman–Crippen LogP) is 2.33. The number of hydrogen-bond acceptors (Lipinski definition) is 2. The van der Waals surface area contributed by atoms with Gasteiger partial charge in [-0.2, -0.15) is 0 Å². The maximum Gasteiger partial charge on any atom is 0.251 e. The van der Waals surface area contributed by atoms with Gasteiger partial charge in [-0.05, 0) is 37.5 Å². The van der Waals surface area contributed by atoms with Crippen LogP contribution in [0, 0.1) is 11.7 Å². The summed E-state index contributed by atoms with van der Waals surface area (Å²) in [6.45, 7) is 1.98. The highest BCUT2D eigenvalue weighted by atomic mass is 19.1. The van der Waals surface area contributed by atoms with Crippen molar-refractivity contribution < 1.29 is 9.18 Å². The molecule has 3 nitrogen and oxygen atoms in total. The molecule has 1 fully saturated rings. The van der Waals surface area contributed by atoms with Gasteiger partial charge in [0.05, 0.1) is 5.69 Å². The standard InChI is InChI=1S/C13H17FN2O/c1-8(6-9-2-3-9)16-13(17)10-4-5-12(15)11(14)7-10/h4-5,7-9H,2-3,6,15H2,1H3,(H,16,17). The summed E-state index contributed by atoms with van der Waals surface area (Å²) in [6, 6.07) is 4.26. The van der Waals surface area contributed by atoms with E-state index >= 15 is 0 Å². The van der Waals surface area contributed by atoms with Gasteiger partial charge in [-0.1, -0.05) is 12.8 Å². The molecule has 1 saturated carbocycles. The maximum absolute atomic E-state index is 13.2. The van der Waals surface area contributed by atoms with E-state index in [1.165, 1.54) is 31.0 Å². The van der Waals surface area contributed by atoms with Gasteiger partial charge in [0.25, 0.3) is 5.91 Å². The second-order valence-electron chi connectivity index (χ2n) is 4.79. The average molecular weight is 236 g/mol. The zero-order chi connectivity index (χ0) is 12.4. The molecule has 1 aliphatic carbocycles. The molecule has 0 aromatic heterocycles. The van der Waals surface area contributed by atoms with Gasteiger partial charge in [0.2, 0.25) is 0 Å². The molecule has 0 radical (unpaired) electrons. The molecule has 0 heterocycles. The summed E-state index contributed by atoms with van der Waals surface area (Å²) in [7, 11) is 0. The highest BCUT2D eigenvalue weighted by molar-refractivity contribution is 5.94. The molecule has 3 N–H and O–H groups in total. The summed E-state index contributed by atoms with van der Waals surface area (Å²) in [5, 5.41) is 2.87. The molecule has 92 valence electrons. The van der Waals surface area contributed by atoms with Crippen molar-refractivity contribution in [3.8, 4) is 0 Å². The first kappa shape index (κ1) is 11.9. The second-order valence-corrected chi connectivity index (χ2v) is 4.79. The molecule has 17 heavy (non-hydrogen) atoms. The van der Waals surface area contributed by atoms with Gasteiger partial charge in [-0.25, -0.2) is 4.39 Å². The van der Waals surface area contributed by atoms with Crippen molar-refractivity contribution in [2.24, 2.45) is 5.92 Å². The third-order valence-electron chi connectivity index (χ3n) is 3.02. The van der Waals surface area contributed by atoms with Crippen LogP contribution in [0.2, 0.25) is 0 Å². The number of amides is 1. The van der Waals surface area contributed by atoms with Crippen LogP contribution < -0.4 is 11.1 Å². The fourth-order valence-electron chi connectivity index (χ4n) is 1.89. The van der Waals surface area contributed by atoms with Crippen molar-refractivity contribution in [2.75, 3.05) is 5.73 Å². The molecule has 0 aliphatic heterocycles. The van der Waals surface area contributed by atoms with E-state index in [2.05, 4.69) is 5.32 Å². The highest BCUT2D eigenvalue weighted by Crippen LogP contribution is 2.33. The molecule has 1 atom stereocenters. The van der Waals surface area contributed by atoms with Gasteiger partial charge < -0.3 is 11.1 Å². The first-order valence-electron chi connectivity index (χ1n) is 5.92. The van der Waals surface area contributed by atoms with Gasteiger partial charge in [-0.3, -0.25) is 4.79 Å². The monoisotopic (exact) mass is 236 g/mol. The Morgan fingerprint density at radius 1 is 1.59 bits per heavy atom. The first-order chi connectivity index (χ1) is 8.06. The molecule has 1 amide bonds. The molecular formula is C13H17FN2O. The van der Waals surface area contributed by atoms with Crippen molar-refractivity contribution in [1.29, 1.82) is 0 Å². The van der Waals surface area contributed by atoms with Gasteiger partial charge in [-0.15, -0.1) is 0 Å². The predicted molar refractivity (Wildman–Crippen MR) is 65.1 cm³/mol. The average Bonchev–Trinajstić information content (AvgIpc) is 3.05. The fourth-order valence-corrected chi connectivity index (χ4v) is 1.89. The van der Waals surface area contributed by atoms with Crippen molar-refractivity contribution in [3.63, 3.8) is 0 Å². The quantitative estimate of drug-likeness (QED) is 0.788. The van der Waals surface area contributed by atoms with Crippen LogP contribution in [0.5, 0.6) is 0 Å². The summed E-state index contributed by atoms with van der Waals surface area (Å²) in [4.78, 5) is 11.8. The van der Waals surface area contributed by atoms with Crippen molar-refractivity contribution >= 4 is 11.6 Å². The third-order valence-corrected chi connectivity index (χ3v) is 3.02. The van der Waals surface area contributed by atoms with E-state index in [4.69, 9.17) is 5.73 Å². The SMILES string of the molecule is CC(CC1CC1)NC(=O)c1ccc(N)c(F)c1. The smallest absolute Gasteiger partial charge is 0.251 e. The number of halogens is 1.